The molecule has 5 heteroatoms. The lowest BCUT2D eigenvalue weighted by Gasteiger charge is -2.05. The van der Waals surface area contributed by atoms with Gasteiger partial charge in [-0.25, -0.2) is 5.43 Å². The minimum Gasteiger partial charge on any atom is -0.484 e. The van der Waals surface area contributed by atoms with E-state index < -0.39 is 0 Å². The van der Waals surface area contributed by atoms with Gasteiger partial charge in [0.15, 0.2) is 6.61 Å². The van der Waals surface area contributed by atoms with E-state index in [1.807, 2.05) is 72.8 Å². The van der Waals surface area contributed by atoms with E-state index in [9.17, 15) is 4.79 Å². The third-order valence-corrected chi connectivity index (χ3v) is 3.61. The van der Waals surface area contributed by atoms with Gasteiger partial charge in [-0.15, -0.1) is 0 Å². The van der Waals surface area contributed by atoms with Crippen LogP contribution in [0.1, 0.15) is 16.7 Å². The van der Waals surface area contributed by atoms with Crippen LogP contribution in [0.15, 0.2) is 84.2 Å². The monoisotopic (exact) mass is 357 g/mol. The van der Waals surface area contributed by atoms with E-state index in [4.69, 9.17) is 4.74 Å². The third kappa shape index (κ3) is 6.25. The molecule has 134 valence electrons. The Balaban J connectivity index is 1.45. The summed E-state index contributed by atoms with van der Waals surface area (Å²) in [6.07, 6.45) is 8.92. The van der Waals surface area contributed by atoms with E-state index in [1.165, 1.54) is 6.21 Å². The lowest BCUT2D eigenvalue weighted by Crippen LogP contribution is -2.24. The van der Waals surface area contributed by atoms with Crippen LogP contribution in [-0.4, -0.2) is 23.7 Å². The molecule has 2 aromatic carbocycles. The van der Waals surface area contributed by atoms with E-state index in [2.05, 4.69) is 15.5 Å². The number of hydrogen-bond acceptors (Lipinski definition) is 4. The molecule has 5 nitrogen and oxygen atoms in total. The normalized spacial score (nSPS) is 11.0. The highest BCUT2D eigenvalue weighted by Crippen LogP contribution is 2.14. The zero-order chi connectivity index (χ0) is 18.7. The van der Waals surface area contributed by atoms with Gasteiger partial charge in [-0.3, -0.25) is 9.78 Å². The van der Waals surface area contributed by atoms with E-state index in [0.29, 0.717) is 5.75 Å². The number of hydrazone groups is 1. The van der Waals surface area contributed by atoms with Crippen molar-refractivity contribution in [3.63, 3.8) is 0 Å². The minimum atomic E-state index is -0.330. The van der Waals surface area contributed by atoms with Crippen molar-refractivity contribution in [2.24, 2.45) is 5.10 Å². The van der Waals surface area contributed by atoms with Gasteiger partial charge in [0.1, 0.15) is 5.75 Å². The summed E-state index contributed by atoms with van der Waals surface area (Å²) in [4.78, 5) is 15.7. The smallest absolute Gasteiger partial charge is 0.277 e. The second-order valence-corrected chi connectivity index (χ2v) is 5.68. The van der Waals surface area contributed by atoms with E-state index >= 15 is 0 Å². The van der Waals surface area contributed by atoms with Crippen molar-refractivity contribution in [3.05, 3.63) is 95.8 Å². The average molecular weight is 357 g/mol. The van der Waals surface area contributed by atoms with Crippen molar-refractivity contribution in [2.75, 3.05) is 6.61 Å². The van der Waals surface area contributed by atoms with Crippen LogP contribution in [0, 0.1) is 0 Å². The standard InChI is InChI=1S/C22H19N3O2/c26-22(25-24-16-20-7-4-14-23-15-20)17-27-21-12-10-19(11-13-21)9-8-18-5-2-1-3-6-18/h1-16H,17H2,(H,25,26)/b9-8+,24-16+. The molecule has 0 aliphatic carbocycles. The van der Waals surface area contributed by atoms with Gasteiger partial charge >= 0.3 is 0 Å². The predicted molar refractivity (Wildman–Crippen MR) is 107 cm³/mol. The number of hydrogen-bond donors (Lipinski definition) is 1. The molecule has 0 spiro atoms. The highest BCUT2D eigenvalue weighted by Gasteiger charge is 2.01. The van der Waals surface area contributed by atoms with Crippen molar-refractivity contribution in [1.82, 2.24) is 10.4 Å². The summed E-state index contributed by atoms with van der Waals surface area (Å²) in [6, 6.07) is 21.3. The largest absolute Gasteiger partial charge is 0.484 e. The van der Waals surface area contributed by atoms with Crippen LogP contribution >= 0.6 is 0 Å². The van der Waals surface area contributed by atoms with Crippen LogP contribution < -0.4 is 10.2 Å². The van der Waals surface area contributed by atoms with Crippen LogP contribution in [0.3, 0.4) is 0 Å². The summed E-state index contributed by atoms with van der Waals surface area (Å²) in [5.41, 5.74) is 5.41. The van der Waals surface area contributed by atoms with Gasteiger partial charge in [0.05, 0.1) is 6.21 Å². The number of carbonyl (C=O) groups is 1. The molecule has 1 N–H and O–H groups in total. The van der Waals surface area contributed by atoms with Gasteiger partial charge in [-0.1, -0.05) is 60.7 Å². The summed E-state index contributed by atoms with van der Waals surface area (Å²) in [5.74, 6) is 0.293. The molecular weight excluding hydrogens is 338 g/mol. The van der Waals surface area contributed by atoms with E-state index in [0.717, 1.165) is 16.7 Å². The summed E-state index contributed by atoms with van der Waals surface area (Å²) in [6.45, 7) is -0.108. The molecule has 1 aromatic heterocycles. The average Bonchev–Trinajstić information content (AvgIpc) is 2.73. The first-order valence-electron chi connectivity index (χ1n) is 8.47. The van der Waals surface area contributed by atoms with Crippen molar-refractivity contribution in [1.29, 1.82) is 0 Å². The number of nitrogens with zero attached hydrogens (tertiary/aromatic N) is 2. The second-order valence-electron chi connectivity index (χ2n) is 5.68. The Hall–Kier alpha value is -3.73. The first-order valence-corrected chi connectivity index (χ1v) is 8.47. The molecule has 1 amide bonds. The Morgan fingerprint density at radius 2 is 1.63 bits per heavy atom. The lowest BCUT2D eigenvalue weighted by molar-refractivity contribution is -0.123. The summed E-state index contributed by atoms with van der Waals surface area (Å²) < 4.78 is 5.47. The molecule has 3 rings (SSSR count). The summed E-state index contributed by atoms with van der Waals surface area (Å²) in [7, 11) is 0. The Labute approximate surface area is 158 Å². The third-order valence-electron chi connectivity index (χ3n) is 3.61. The maximum absolute atomic E-state index is 11.8. The predicted octanol–water partition coefficient (Wildman–Crippen LogP) is 3.78. The zero-order valence-corrected chi connectivity index (χ0v) is 14.7. The molecule has 1 heterocycles. The van der Waals surface area contributed by atoms with E-state index in [1.54, 1.807) is 18.5 Å². The van der Waals surface area contributed by atoms with Gasteiger partial charge < -0.3 is 4.74 Å². The second kappa shape index (κ2) is 9.68. The molecular formula is C22H19N3O2. The highest BCUT2D eigenvalue weighted by atomic mass is 16.5. The van der Waals surface area contributed by atoms with Gasteiger partial charge in [0.25, 0.3) is 5.91 Å². The van der Waals surface area contributed by atoms with E-state index in [-0.39, 0.29) is 12.5 Å². The first kappa shape index (κ1) is 18.1. The highest BCUT2D eigenvalue weighted by molar-refractivity contribution is 5.82. The fourth-order valence-electron chi connectivity index (χ4n) is 2.24. The Morgan fingerprint density at radius 3 is 2.33 bits per heavy atom. The Bertz CT molecular complexity index is 905. The number of benzene rings is 2. The Kier molecular flexibility index (Phi) is 6.48. The molecule has 0 atom stereocenters. The minimum absolute atomic E-state index is 0.108. The SMILES string of the molecule is O=C(COc1ccc(/C=C/c2ccccc2)cc1)N/N=C/c1cccnc1. The van der Waals surface area contributed by atoms with Crippen LogP contribution in [0.2, 0.25) is 0 Å². The molecule has 0 fully saturated rings. The number of rotatable bonds is 7. The van der Waals surface area contributed by atoms with Crippen LogP contribution in [0.4, 0.5) is 0 Å². The van der Waals surface area contributed by atoms with Crippen LogP contribution in [0.25, 0.3) is 12.2 Å². The lowest BCUT2D eigenvalue weighted by atomic mass is 10.1. The number of carbonyl (C=O) groups excluding carboxylic acids is 1. The Morgan fingerprint density at radius 1 is 0.926 bits per heavy atom. The molecule has 0 aliphatic rings. The summed E-state index contributed by atoms with van der Waals surface area (Å²) >= 11 is 0. The fourth-order valence-corrected chi connectivity index (χ4v) is 2.24. The van der Waals surface area contributed by atoms with Gasteiger partial charge in [-0.05, 0) is 29.3 Å². The van der Waals surface area contributed by atoms with Crippen LogP contribution in [0.5, 0.6) is 5.75 Å². The van der Waals surface area contributed by atoms with Crippen LogP contribution in [-0.2, 0) is 4.79 Å². The maximum Gasteiger partial charge on any atom is 0.277 e. The van der Waals surface area contributed by atoms with Crippen molar-refractivity contribution < 1.29 is 9.53 Å². The van der Waals surface area contributed by atoms with Crippen molar-refractivity contribution in [3.8, 4) is 5.75 Å². The number of amides is 1. The molecule has 0 radical (unpaired) electrons. The van der Waals surface area contributed by atoms with Crippen molar-refractivity contribution >= 4 is 24.3 Å². The molecule has 3 aromatic rings. The zero-order valence-electron chi connectivity index (χ0n) is 14.7. The number of nitrogens with one attached hydrogen (secondary N) is 1. The quantitative estimate of drug-likeness (QED) is 0.398. The number of pyridine rings is 1. The topological polar surface area (TPSA) is 63.6 Å². The van der Waals surface area contributed by atoms with Gasteiger partial charge in [0, 0.05) is 18.0 Å². The molecule has 0 unspecified atom stereocenters. The van der Waals surface area contributed by atoms with Gasteiger partial charge in [0.2, 0.25) is 0 Å². The molecule has 0 saturated carbocycles. The van der Waals surface area contributed by atoms with Gasteiger partial charge in [-0.2, -0.15) is 5.10 Å². The molecule has 27 heavy (non-hydrogen) atoms. The molecule has 0 bridgehead atoms. The number of ether oxygens (including phenoxy) is 1. The molecule has 0 aliphatic heterocycles. The summed E-state index contributed by atoms with van der Waals surface area (Å²) in [5, 5.41) is 3.87. The maximum atomic E-state index is 11.8. The first-order chi connectivity index (χ1) is 13.3. The number of aromatic nitrogens is 1. The fraction of sp³-hybridized carbons (Fsp3) is 0.0455. The van der Waals surface area contributed by atoms with Crippen molar-refractivity contribution in [2.45, 2.75) is 0 Å². The molecule has 0 saturated heterocycles.